The summed E-state index contributed by atoms with van der Waals surface area (Å²) >= 11 is 0. The second-order valence-electron chi connectivity index (χ2n) is 9.00. The first kappa shape index (κ1) is 27.1. The Bertz CT molecular complexity index is 642. The molecule has 0 bridgehead atoms. The van der Waals surface area contributed by atoms with E-state index in [1.165, 1.54) is 49.8 Å². The minimum atomic E-state index is -0.891. The first-order valence-electron chi connectivity index (χ1n) is 12.8. The summed E-state index contributed by atoms with van der Waals surface area (Å²) in [5.41, 5.74) is 0. The van der Waals surface area contributed by atoms with E-state index >= 15 is 0 Å². The zero-order valence-corrected chi connectivity index (χ0v) is 20.2. The molecular weight excluding hydrogens is 424 g/mol. The summed E-state index contributed by atoms with van der Waals surface area (Å²) in [6.45, 7) is 4.34. The van der Waals surface area contributed by atoms with Crippen LogP contribution in [0.1, 0.15) is 84.0 Å². The van der Waals surface area contributed by atoms with Gasteiger partial charge in [0.05, 0.1) is 25.5 Å². The standard InChI is InChI=1S/C24H42N4O5/c1-2-3-4-5-6-7-8-9-10-11-16-33-22(30)18-20-24(32)27-14-15-28(20)21(29)17-19-23(31)26-13-12-25-19/h19-20,25H,2-18H2,1H3,(H,26,31)(H,27,32). The highest BCUT2D eigenvalue weighted by atomic mass is 16.5. The van der Waals surface area contributed by atoms with Crippen molar-refractivity contribution in [1.29, 1.82) is 0 Å². The molecule has 188 valence electrons. The Balaban J connectivity index is 1.64. The number of amides is 3. The molecule has 0 spiro atoms. The third-order valence-corrected chi connectivity index (χ3v) is 6.28. The average Bonchev–Trinajstić information content (AvgIpc) is 2.80. The topological polar surface area (TPSA) is 117 Å². The lowest BCUT2D eigenvalue weighted by Gasteiger charge is -2.35. The molecular formula is C24H42N4O5. The molecule has 0 aliphatic carbocycles. The maximum atomic E-state index is 12.8. The van der Waals surface area contributed by atoms with Crippen LogP contribution in [0.15, 0.2) is 0 Å². The number of hydrogen-bond donors (Lipinski definition) is 3. The number of ether oxygens (including phenoxy) is 1. The number of esters is 1. The summed E-state index contributed by atoms with van der Waals surface area (Å²) in [6.07, 6.45) is 11.8. The highest BCUT2D eigenvalue weighted by Crippen LogP contribution is 2.14. The smallest absolute Gasteiger partial charge is 0.308 e. The van der Waals surface area contributed by atoms with Crippen molar-refractivity contribution in [2.24, 2.45) is 0 Å². The minimum absolute atomic E-state index is 0.0384. The maximum Gasteiger partial charge on any atom is 0.308 e. The first-order valence-corrected chi connectivity index (χ1v) is 12.8. The molecule has 2 fully saturated rings. The second-order valence-corrected chi connectivity index (χ2v) is 9.00. The van der Waals surface area contributed by atoms with Gasteiger partial charge in [-0.3, -0.25) is 19.2 Å². The van der Waals surface area contributed by atoms with Crippen LogP contribution in [0.3, 0.4) is 0 Å². The average molecular weight is 467 g/mol. The van der Waals surface area contributed by atoms with E-state index in [9.17, 15) is 19.2 Å². The van der Waals surface area contributed by atoms with Crippen molar-refractivity contribution in [3.63, 3.8) is 0 Å². The zero-order valence-electron chi connectivity index (χ0n) is 20.2. The van der Waals surface area contributed by atoms with Crippen LogP contribution in [0.25, 0.3) is 0 Å². The molecule has 2 atom stereocenters. The fraction of sp³-hybridized carbons (Fsp3) is 0.833. The van der Waals surface area contributed by atoms with Crippen LogP contribution in [-0.2, 0) is 23.9 Å². The predicted octanol–water partition coefficient (Wildman–Crippen LogP) is 1.65. The van der Waals surface area contributed by atoms with Gasteiger partial charge in [0, 0.05) is 26.2 Å². The van der Waals surface area contributed by atoms with Crippen molar-refractivity contribution >= 4 is 23.7 Å². The molecule has 0 aromatic carbocycles. The van der Waals surface area contributed by atoms with Gasteiger partial charge in [0.15, 0.2) is 0 Å². The van der Waals surface area contributed by atoms with Gasteiger partial charge >= 0.3 is 5.97 Å². The summed E-state index contributed by atoms with van der Waals surface area (Å²) in [7, 11) is 0. The SMILES string of the molecule is CCCCCCCCCCCCOC(=O)CC1C(=O)NCCN1C(=O)CC1NCCNC1=O. The second kappa shape index (κ2) is 15.6. The molecule has 2 heterocycles. The first-order chi connectivity index (χ1) is 16.0. The van der Waals surface area contributed by atoms with Crippen LogP contribution in [-0.4, -0.2) is 73.5 Å². The summed E-state index contributed by atoms with van der Waals surface area (Å²) in [5, 5.41) is 8.45. The molecule has 3 amide bonds. The van der Waals surface area contributed by atoms with Crippen molar-refractivity contribution in [3.8, 4) is 0 Å². The molecule has 0 radical (unpaired) electrons. The van der Waals surface area contributed by atoms with Gasteiger partial charge in [0.25, 0.3) is 0 Å². The van der Waals surface area contributed by atoms with Crippen molar-refractivity contribution < 1.29 is 23.9 Å². The van der Waals surface area contributed by atoms with Gasteiger partial charge in [-0.2, -0.15) is 0 Å². The van der Waals surface area contributed by atoms with E-state index in [0.717, 1.165) is 19.3 Å². The number of carbonyl (C=O) groups is 4. The molecule has 9 nitrogen and oxygen atoms in total. The molecule has 2 saturated heterocycles. The summed E-state index contributed by atoms with van der Waals surface area (Å²) in [6, 6.07) is -1.50. The van der Waals surface area contributed by atoms with Gasteiger partial charge in [-0.15, -0.1) is 0 Å². The monoisotopic (exact) mass is 466 g/mol. The largest absolute Gasteiger partial charge is 0.466 e. The Kier molecular flexibility index (Phi) is 12.8. The number of piperazine rings is 2. The van der Waals surface area contributed by atoms with Crippen LogP contribution in [0.2, 0.25) is 0 Å². The van der Waals surface area contributed by atoms with E-state index in [-0.39, 0.29) is 30.6 Å². The molecule has 0 aromatic rings. The molecule has 0 aromatic heterocycles. The van der Waals surface area contributed by atoms with Gasteiger partial charge in [0.1, 0.15) is 6.04 Å². The number of rotatable bonds is 15. The third kappa shape index (κ3) is 10.1. The lowest BCUT2D eigenvalue weighted by molar-refractivity contribution is -0.152. The summed E-state index contributed by atoms with van der Waals surface area (Å²) in [5.74, 6) is -1.36. The zero-order chi connectivity index (χ0) is 23.9. The summed E-state index contributed by atoms with van der Waals surface area (Å²) < 4.78 is 5.33. The third-order valence-electron chi connectivity index (χ3n) is 6.28. The Labute approximate surface area is 197 Å². The van der Waals surface area contributed by atoms with Gasteiger partial charge in [-0.25, -0.2) is 0 Å². The lowest BCUT2D eigenvalue weighted by atomic mass is 10.1. The fourth-order valence-electron chi connectivity index (χ4n) is 4.31. The Morgan fingerprint density at radius 3 is 2.15 bits per heavy atom. The molecule has 2 rings (SSSR count). The van der Waals surface area contributed by atoms with Gasteiger partial charge in [-0.05, 0) is 6.42 Å². The van der Waals surface area contributed by atoms with E-state index < -0.39 is 18.1 Å². The Morgan fingerprint density at radius 2 is 1.48 bits per heavy atom. The quantitative estimate of drug-likeness (QED) is 0.250. The molecule has 3 N–H and O–H groups in total. The molecule has 2 aliphatic rings. The van der Waals surface area contributed by atoms with Gasteiger partial charge in [-0.1, -0.05) is 64.7 Å². The van der Waals surface area contributed by atoms with Crippen molar-refractivity contribution in [1.82, 2.24) is 20.9 Å². The van der Waals surface area contributed by atoms with Crippen LogP contribution in [0, 0.1) is 0 Å². The van der Waals surface area contributed by atoms with E-state index in [2.05, 4.69) is 22.9 Å². The van der Waals surface area contributed by atoms with Crippen molar-refractivity contribution in [2.75, 3.05) is 32.8 Å². The molecule has 2 aliphatic heterocycles. The van der Waals surface area contributed by atoms with Crippen LogP contribution in [0.5, 0.6) is 0 Å². The number of hydrogen-bond acceptors (Lipinski definition) is 6. The molecule has 2 unspecified atom stereocenters. The normalized spacial score (nSPS) is 20.8. The van der Waals surface area contributed by atoms with Crippen molar-refractivity contribution in [3.05, 3.63) is 0 Å². The van der Waals surface area contributed by atoms with Gasteiger partial charge in [0.2, 0.25) is 17.7 Å². The Morgan fingerprint density at radius 1 is 0.848 bits per heavy atom. The minimum Gasteiger partial charge on any atom is -0.466 e. The maximum absolute atomic E-state index is 12.8. The lowest BCUT2D eigenvalue weighted by Crippen LogP contribution is -2.60. The molecule has 9 heteroatoms. The Hall–Kier alpha value is -2.16. The number of unbranched alkanes of at least 4 members (excludes halogenated alkanes) is 9. The number of carbonyl (C=O) groups excluding carboxylic acids is 4. The predicted molar refractivity (Wildman–Crippen MR) is 125 cm³/mol. The summed E-state index contributed by atoms with van der Waals surface area (Å²) in [4.78, 5) is 50.8. The van der Waals surface area contributed by atoms with E-state index in [0.29, 0.717) is 32.8 Å². The highest BCUT2D eigenvalue weighted by Gasteiger charge is 2.37. The number of nitrogens with one attached hydrogen (secondary N) is 3. The number of nitrogens with zero attached hydrogens (tertiary/aromatic N) is 1. The van der Waals surface area contributed by atoms with Crippen LogP contribution >= 0.6 is 0 Å². The van der Waals surface area contributed by atoms with Crippen molar-refractivity contribution in [2.45, 2.75) is 96.1 Å². The van der Waals surface area contributed by atoms with Crippen LogP contribution in [0.4, 0.5) is 0 Å². The highest BCUT2D eigenvalue weighted by molar-refractivity contribution is 5.94. The van der Waals surface area contributed by atoms with E-state index in [1.807, 2.05) is 0 Å². The van der Waals surface area contributed by atoms with E-state index in [1.54, 1.807) is 0 Å². The van der Waals surface area contributed by atoms with E-state index in [4.69, 9.17) is 4.74 Å². The molecule has 33 heavy (non-hydrogen) atoms. The fourth-order valence-corrected chi connectivity index (χ4v) is 4.31. The molecule has 0 saturated carbocycles. The van der Waals surface area contributed by atoms with Crippen LogP contribution < -0.4 is 16.0 Å². The van der Waals surface area contributed by atoms with Gasteiger partial charge < -0.3 is 25.6 Å².